The van der Waals surface area contributed by atoms with Crippen LogP contribution in [0, 0.1) is 0 Å². The zero-order valence-corrected chi connectivity index (χ0v) is 12.8. The third kappa shape index (κ3) is 2.58. The number of halogens is 1. The lowest BCUT2D eigenvalue weighted by atomic mass is 9.99. The van der Waals surface area contributed by atoms with E-state index in [4.69, 9.17) is 5.73 Å². The van der Waals surface area contributed by atoms with Gasteiger partial charge in [0, 0.05) is 23.8 Å². The maximum Gasteiger partial charge on any atom is 0.270 e. The number of nitrogens with zero attached hydrogens (tertiary/aromatic N) is 1. The number of benzene rings is 1. The summed E-state index contributed by atoms with van der Waals surface area (Å²) in [5.41, 5.74) is 8.31. The Morgan fingerprint density at radius 1 is 1.33 bits per heavy atom. The van der Waals surface area contributed by atoms with Gasteiger partial charge in [-0.05, 0) is 29.7 Å². The molecule has 2 heterocycles. The summed E-state index contributed by atoms with van der Waals surface area (Å²) in [6.45, 7) is 1.22. The van der Waals surface area contributed by atoms with Crippen LogP contribution in [-0.4, -0.2) is 28.2 Å². The Kier molecular flexibility index (Phi) is 3.55. The van der Waals surface area contributed by atoms with Crippen LogP contribution < -0.4 is 5.73 Å². The summed E-state index contributed by atoms with van der Waals surface area (Å²) >= 11 is 3.54. The van der Waals surface area contributed by atoms with Crippen LogP contribution in [0.1, 0.15) is 32.0 Å². The molecule has 0 fully saturated rings. The number of amides is 2. The number of nitrogens with one attached hydrogen (secondary N) is 1. The van der Waals surface area contributed by atoms with Crippen LogP contribution in [0.25, 0.3) is 0 Å². The number of fused-ring (bicyclic) bond motifs is 1. The molecule has 3 rings (SSSR count). The first-order chi connectivity index (χ1) is 10.1. The number of aromatic nitrogens is 1. The molecule has 108 valence electrons. The molecule has 3 N–H and O–H groups in total. The van der Waals surface area contributed by atoms with Crippen molar-refractivity contribution in [2.24, 2.45) is 5.73 Å². The number of carbonyl (C=O) groups excluding carboxylic acids is 2. The molecule has 0 aliphatic carbocycles. The van der Waals surface area contributed by atoms with Crippen LogP contribution in [0.15, 0.2) is 34.9 Å². The highest BCUT2D eigenvalue weighted by molar-refractivity contribution is 9.10. The quantitative estimate of drug-likeness (QED) is 0.872. The van der Waals surface area contributed by atoms with E-state index in [-0.39, 0.29) is 5.91 Å². The molecule has 0 radical (unpaired) electrons. The molecule has 1 aromatic carbocycles. The first kappa shape index (κ1) is 13.9. The zero-order valence-electron chi connectivity index (χ0n) is 11.2. The lowest BCUT2D eigenvalue weighted by molar-refractivity contribution is 0.0729. The molecule has 2 amide bonds. The molecule has 1 aliphatic rings. The molecule has 1 aromatic heterocycles. The summed E-state index contributed by atoms with van der Waals surface area (Å²) in [5.74, 6) is -0.661. The minimum atomic E-state index is -0.543. The molecule has 6 heteroatoms. The van der Waals surface area contributed by atoms with Gasteiger partial charge in [0.05, 0.1) is 5.56 Å². The summed E-state index contributed by atoms with van der Waals surface area (Å²) < 4.78 is 1.09. The molecule has 2 aromatic rings. The SMILES string of the molecule is NC(=O)c1c[nH]c(C(=O)N2CCc3c(Br)cccc3C2)c1. The Balaban J connectivity index is 1.82. The topological polar surface area (TPSA) is 79.2 Å². The van der Waals surface area contributed by atoms with Gasteiger partial charge in [0.15, 0.2) is 0 Å². The van der Waals surface area contributed by atoms with Gasteiger partial charge in [0.2, 0.25) is 5.91 Å². The average Bonchev–Trinajstić information content (AvgIpc) is 2.96. The normalized spacial score (nSPS) is 13.9. The number of rotatable bonds is 2. The molecular formula is C15H14BrN3O2. The van der Waals surface area contributed by atoms with E-state index in [2.05, 4.69) is 20.9 Å². The number of primary amides is 1. The molecule has 0 saturated carbocycles. The molecular weight excluding hydrogens is 334 g/mol. The van der Waals surface area contributed by atoms with Gasteiger partial charge in [-0.25, -0.2) is 0 Å². The van der Waals surface area contributed by atoms with Crippen molar-refractivity contribution < 1.29 is 9.59 Å². The van der Waals surface area contributed by atoms with E-state index in [1.54, 1.807) is 4.90 Å². The molecule has 0 unspecified atom stereocenters. The van der Waals surface area contributed by atoms with Crippen LogP contribution in [0.5, 0.6) is 0 Å². The molecule has 1 aliphatic heterocycles. The van der Waals surface area contributed by atoms with Gasteiger partial charge >= 0.3 is 0 Å². The van der Waals surface area contributed by atoms with Crippen LogP contribution in [0.4, 0.5) is 0 Å². The number of carbonyl (C=O) groups is 2. The first-order valence-electron chi connectivity index (χ1n) is 6.60. The number of aromatic amines is 1. The standard InChI is InChI=1S/C15H14BrN3O2/c16-12-3-1-2-9-8-19(5-4-11(9)12)15(21)13-6-10(7-18-13)14(17)20/h1-3,6-7,18H,4-5,8H2,(H2,17,20). The fraction of sp³-hybridized carbons (Fsp3) is 0.200. The lowest BCUT2D eigenvalue weighted by Gasteiger charge is -2.29. The van der Waals surface area contributed by atoms with Crippen molar-refractivity contribution in [3.05, 3.63) is 57.3 Å². The third-order valence-electron chi connectivity index (χ3n) is 3.69. The van der Waals surface area contributed by atoms with Crippen molar-refractivity contribution in [1.82, 2.24) is 9.88 Å². The molecule has 0 bridgehead atoms. The Labute approximate surface area is 130 Å². The van der Waals surface area contributed by atoms with Gasteiger partial charge in [-0.3, -0.25) is 9.59 Å². The van der Waals surface area contributed by atoms with Gasteiger partial charge in [-0.15, -0.1) is 0 Å². The van der Waals surface area contributed by atoms with Crippen molar-refractivity contribution in [2.75, 3.05) is 6.54 Å². The monoisotopic (exact) mass is 347 g/mol. The highest BCUT2D eigenvalue weighted by Crippen LogP contribution is 2.27. The van der Waals surface area contributed by atoms with Crippen molar-refractivity contribution in [1.29, 1.82) is 0 Å². The fourth-order valence-corrected chi connectivity index (χ4v) is 3.17. The van der Waals surface area contributed by atoms with Gasteiger partial charge in [-0.2, -0.15) is 0 Å². The van der Waals surface area contributed by atoms with Crippen LogP contribution in [0.3, 0.4) is 0 Å². The summed E-state index contributed by atoms with van der Waals surface area (Å²) in [6, 6.07) is 7.52. The predicted octanol–water partition coefficient (Wildman–Crippen LogP) is 2.07. The van der Waals surface area contributed by atoms with E-state index >= 15 is 0 Å². The summed E-state index contributed by atoms with van der Waals surface area (Å²) in [4.78, 5) is 28.1. The summed E-state index contributed by atoms with van der Waals surface area (Å²) in [6.07, 6.45) is 2.27. The summed E-state index contributed by atoms with van der Waals surface area (Å²) in [5, 5.41) is 0. The molecule has 21 heavy (non-hydrogen) atoms. The minimum Gasteiger partial charge on any atom is -0.366 e. The van der Waals surface area contributed by atoms with Crippen molar-refractivity contribution in [3.8, 4) is 0 Å². The highest BCUT2D eigenvalue weighted by atomic mass is 79.9. The van der Waals surface area contributed by atoms with Crippen LogP contribution in [-0.2, 0) is 13.0 Å². The predicted molar refractivity (Wildman–Crippen MR) is 81.9 cm³/mol. The Bertz CT molecular complexity index is 723. The zero-order chi connectivity index (χ0) is 15.0. The fourth-order valence-electron chi connectivity index (χ4n) is 2.57. The van der Waals surface area contributed by atoms with Crippen LogP contribution in [0.2, 0.25) is 0 Å². The maximum atomic E-state index is 12.5. The second-order valence-electron chi connectivity index (χ2n) is 5.02. The number of nitrogens with two attached hydrogens (primary N) is 1. The smallest absolute Gasteiger partial charge is 0.270 e. The van der Waals surface area contributed by atoms with Crippen molar-refractivity contribution in [2.45, 2.75) is 13.0 Å². The van der Waals surface area contributed by atoms with E-state index in [9.17, 15) is 9.59 Å². The average molecular weight is 348 g/mol. The maximum absolute atomic E-state index is 12.5. The largest absolute Gasteiger partial charge is 0.366 e. The van der Waals surface area contributed by atoms with E-state index in [0.717, 1.165) is 16.5 Å². The van der Waals surface area contributed by atoms with Crippen molar-refractivity contribution >= 4 is 27.7 Å². The summed E-state index contributed by atoms with van der Waals surface area (Å²) in [7, 11) is 0. The minimum absolute atomic E-state index is 0.117. The van der Waals surface area contributed by atoms with Crippen LogP contribution >= 0.6 is 15.9 Å². The number of H-pyrrole nitrogens is 1. The van der Waals surface area contributed by atoms with Gasteiger partial charge in [-0.1, -0.05) is 28.1 Å². The van der Waals surface area contributed by atoms with E-state index < -0.39 is 5.91 Å². The lowest BCUT2D eigenvalue weighted by Crippen LogP contribution is -2.36. The second-order valence-corrected chi connectivity index (χ2v) is 5.87. The Morgan fingerprint density at radius 2 is 2.14 bits per heavy atom. The molecule has 0 spiro atoms. The Hall–Kier alpha value is -2.08. The number of hydrogen-bond acceptors (Lipinski definition) is 2. The first-order valence-corrected chi connectivity index (χ1v) is 7.39. The van der Waals surface area contributed by atoms with Gasteiger partial charge in [0.1, 0.15) is 5.69 Å². The molecule has 0 atom stereocenters. The Morgan fingerprint density at radius 3 is 2.86 bits per heavy atom. The highest BCUT2D eigenvalue weighted by Gasteiger charge is 2.24. The van der Waals surface area contributed by atoms with E-state index in [1.165, 1.54) is 17.8 Å². The van der Waals surface area contributed by atoms with Gasteiger partial charge < -0.3 is 15.6 Å². The van der Waals surface area contributed by atoms with E-state index in [0.29, 0.717) is 24.3 Å². The van der Waals surface area contributed by atoms with E-state index in [1.807, 2.05) is 18.2 Å². The van der Waals surface area contributed by atoms with Gasteiger partial charge in [0.25, 0.3) is 5.91 Å². The molecule has 0 saturated heterocycles. The third-order valence-corrected chi connectivity index (χ3v) is 4.44. The van der Waals surface area contributed by atoms with Crippen molar-refractivity contribution in [3.63, 3.8) is 0 Å². The second kappa shape index (κ2) is 5.37. The number of hydrogen-bond donors (Lipinski definition) is 2. The molecule has 5 nitrogen and oxygen atoms in total.